The first-order valence-electron chi connectivity index (χ1n) is 10.6. The van der Waals surface area contributed by atoms with Gasteiger partial charge >= 0.3 is 0 Å². The SMILES string of the molecule is Cc1cc(NC(=O)c2cccc(N3C(=O)c4ccccc4C3=O)c2)nn1Cc1ccc(Cl)cc1. The number of hydrogen-bond acceptors (Lipinski definition) is 4. The van der Waals surface area contributed by atoms with Gasteiger partial charge in [0.1, 0.15) is 0 Å². The van der Waals surface area contributed by atoms with E-state index in [0.29, 0.717) is 39.8 Å². The number of carbonyl (C=O) groups excluding carboxylic acids is 3. The predicted octanol–water partition coefficient (Wildman–Crippen LogP) is 4.95. The van der Waals surface area contributed by atoms with E-state index in [-0.39, 0.29) is 0 Å². The summed E-state index contributed by atoms with van der Waals surface area (Å²) >= 11 is 5.95. The average Bonchev–Trinajstić information content (AvgIpc) is 3.31. The molecule has 3 amide bonds. The minimum Gasteiger partial charge on any atom is -0.305 e. The number of halogens is 1. The maximum absolute atomic E-state index is 12.9. The van der Waals surface area contributed by atoms with Gasteiger partial charge in [0.05, 0.1) is 23.4 Å². The largest absolute Gasteiger partial charge is 0.305 e. The number of rotatable bonds is 5. The van der Waals surface area contributed by atoms with Crippen LogP contribution in [0.4, 0.5) is 11.5 Å². The van der Waals surface area contributed by atoms with E-state index >= 15 is 0 Å². The number of nitrogens with one attached hydrogen (secondary N) is 1. The Morgan fingerprint density at radius 2 is 1.59 bits per heavy atom. The van der Waals surface area contributed by atoms with Crippen LogP contribution in [0, 0.1) is 6.92 Å². The lowest BCUT2D eigenvalue weighted by Gasteiger charge is -2.14. The molecular formula is C26H19ClN4O3. The van der Waals surface area contributed by atoms with Gasteiger partial charge in [0.2, 0.25) is 0 Å². The summed E-state index contributed by atoms with van der Waals surface area (Å²) in [6.07, 6.45) is 0. The molecule has 34 heavy (non-hydrogen) atoms. The first kappa shape index (κ1) is 21.6. The number of hydrogen-bond donors (Lipinski definition) is 1. The standard InChI is InChI=1S/C26H19ClN4O3/c1-16-13-23(29-30(16)15-17-9-11-19(27)12-10-17)28-24(32)18-5-4-6-20(14-18)31-25(33)21-7-2-3-8-22(21)26(31)34/h2-14H,15H2,1H3,(H,28,29,32). The molecular weight excluding hydrogens is 452 g/mol. The molecule has 0 radical (unpaired) electrons. The molecule has 0 spiro atoms. The molecule has 1 aromatic heterocycles. The maximum Gasteiger partial charge on any atom is 0.266 e. The van der Waals surface area contributed by atoms with E-state index < -0.39 is 17.7 Å². The van der Waals surface area contributed by atoms with Crippen LogP contribution in [-0.4, -0.2) is 27.5 Å². The zero-order valence-electron chi connectivity index (χ0n) is 18.2. The molecule has 0 saturated carbocycles. The Morgan fingerprint density at radius 1 is 0.912 bits per heavy atom. The summed E-state index contributed by atoms with van der Waals surface area (Å²) in [6.45, 7) is 2.44. The van der Waals surface area contributed by atoms with Gasteiger partial charge in [-0.1, -0.05) is 41.9 Å². The van der Waals surface area contributed by atoms with Crippen LogP contribution >= 0.6 is 11.6 Å². The Hall–Kier alpha value is -4.23. The van der Waals surface area contributed by atoms with Crippen molar-refractivity contribution in [3.8, 4) is 0 Å². The van der Waals surface area contributed by atoms with Gasteiger partial charge in [0, 0.05) is 22.3 Å². The van der Waals surface area contributed by atoms with Crippen molar-refractivity contribution in [2.24, 2.45) is 0 Å². The molecule has 0 saturated heterocycles. The third-order valence-electron chi connectivity index (χ3n) is 5.63. The summed E-state index contributed by atoms with van der Waals surface area (Å²) in [5.74, 6) is -0.804. The van der Waals surface area contributed by atoms with E-state index in [1.807, 2.05) is 31.2 Å². The highest BCUT2D eigenvalue weighted by Crippen LogP contribution is 2.29. The minimum absolute atomic E-state index is 0.305. The number of amides is 3. The molecule has 0 fully saturated rings. The Balaban J connectivity index is 1.34. The Kier molecular flexibility index (Phi) is 5.47. The number of anilines is 2. The number of benzene rings is 3. The highest BCUT2D eigenvalue weighted by molar-refractivity contribution is 6.34. The molecule has 7 nitrogen and oxygen atoms in total. The highest BCUT2D eigenvalue weighted by Gasteiger charge is 2.36. The number of fused-ring (bicyclic) bond motifs is 1. The van der Waals surface area contributed by atoms with E-state index in [1.165, 1.54) is 6.07 Å². The summed E-state index contributed by atoms with van der Waals surface area (Å²) in [6, 6.07) is 22.3. The van der Waals surface area contributed by atoms with Crippen LogP contribution in [0.3, 0.4) is 0 Å². The summed E-state index contributed by atoms with van der Waals surface area (Å²) in [7, 11) is 0. The zero-order valence-corrected chi connectivity index (χ0v) is 18.9. The fourth-order valence-corrected chi connectivity index (χ4v) is 4.02. The minimum atomic E-state index is -0.408. The number of nitrogens with zero attached hydrogens (tertiary/aromatic N) is 3. The summed E-state index contributed by atoms with van der Waals surface area (Å²) in [4.78, 5) is 39.6. The quantitative estimate of drug-likeness (QED) is 0.418. The molecule has 2 heterocycles. The Labute approximate surface area is 200 Å². The number of aryl methyl sites for hydroxylation is 1. The molecule has 3 aromatic carbocycles. The van der Waals surface area contributed by atoms with E-state index in [2.05, 4.69) is 10.4 Å². The average molecular weight is 471 g/mol. The van der Waals surface area contributed by atoms with Crippen LogP contribution in [0.15, 0.2) is 78.9 Å². The van der Waals surface area contributed by atoms with Crippen molar-refractivity contribution in [2.75, 3.05) is 10.2 Å². The van der Waals surface area contributed by atoms with Crippen LogP contribution in [0.5, 0.6) is 0 Å². The van der Waals surface area contributed by atoms with Crippen molar-refractivity contribution in [2.45, 2.75) is 13.5 Å². The number of imide groups is 1. The first-order valence-corrected chi connectivity index (χ1v) is 11.0. The molecule has 0 atom stereocenters. The number of aromatic nitrogens is 2. The van der Waals surface area contributed by atoms with Crippen LogP contribution in [0.2, 0.25) is 5.02 Å². The van der Waals surface area contributed by atoms with Gasteiger partial charge in [-0.25, -0.2) is 4.90 Å². The normalized spacial score (nSPS) is 12.7. The van der Waals surface area contributed by atoms with Crippen molar-refractivity contribution >= 4 is 40.8 Å². The first-order chi connectivity index (χ1) is 16.4. The molecule has 168 valence electrons. The monoisotopic (exact) mass is 470 g/mol. The third-order valence-corrected chi connectivity index (χ3v) is 5.88. The topological polar surface area (TPSA) is 84.3 Å². The van der Waals surface area contributed by atoms with E-state index in [9.17, 15) is 14.4 Å². The van der Waals surface area contributed by atoms with Gasteiger partial charge in [0.15, 0.2) is 5.82 Å². The van der Waals surface area contributed by atoms with Crippen LogP contribution < -0.4 is 10.2 Å². The molecule has 1 N–H and O–H groups in total. The van der Waals surface area contributed by atoms with E-state index in [4.69, 9.17) is 11.6 Å². The third kappa shape index (κ3) is 3.97. The fourth-order valence-electron chi connectivity index (χ4n) is 3.89. The van der Waals surface area contributed by atoms with E-state index in [0.717, 1.165) is 16.2 Å². The summed E-state index contributed by atoms with van der Waals surface area (Å²) in [5.41, 5.74) is 3.25. The van der Waals surface area contributed by atoms with Crippen LogP contribution in [-0.2, 0) is 6.54 Å². The molecule has 0 unspecified atom stereocenters. The molecule has 4 aromatic rings. The highest BCUT2D eigenvalue weighted by atomic mass is 35.5. The maximum atomic E-state index is 12.9. The van der Waals surface area contributed by atoms with Crippen LogP contribution in [0.25, 0.3) is 0 Å². The second-order valence-corrected chi connectivity index (χ2v) is 8.39. The Morgan fingerprint density at radius 3 is 2.26 bits per heavy atom. The van der Waals surface area contributed by atoms with Gasteiger partial charge in [-0.3, -0.25) is 19.1 Å². The van der Waals surface area contributed by atoms with Crippen LogP contribution in [0.1, 0.15) is 42.3 Å². The second kappa shape index (κ2) is 8.61. The fraction of sp³-hybridized carbons (Fsp3) is 0.0769. The molecule has 8 heteroatoms. The molecule has 5 rings (SSSR count). The Bertz CT molecular complexity index is 1410. The lowest BCUT2D eigenvalue weighted by molar-refractivity contribution is 0.0924. The van der Waals surface area contributed by atoms with Crippen molar-refractivity contribution in [1.29, 1.82) is 0 Å². The van der Waals surface area contributed by atoms with Gasteiger partial charge < -0.3 is 5.32 Å². The molecule has 0 bridgehead atoms. The molecule has 1 aliphatic rings. The predicted molar refractivity (Wildman–Crippen MR) is 129 cm³/mol. The van der Waals surface area contributed by atoms with Gasteiger partial charge in [-0.2, -0.15) is 5.10 Å². The molecule has 1 aliphatic heterocycles. The van der Waals surface area contributed by atoms with E-state index in [1.54, 1.807) is 53.2 Å². The smallest absolute Gasteiger partial charge is 0.266 e. The number of carbonyl (C=O) groups is 3. The second-order valence-electron chi connectivity index (χ2n) is 7.95. The van der Waals surface area contributed by atoms with Gasteiger partial charge in [-0.15, -0.1) is 0 Å². The van der Waals surface area contributed by atoms with Gasteiger partial charge in [-0.05, 0) is 55.0 Å². The zero-order chi connectivity index (χ0) is 23.8. The summed E-state index contributed by atoms with van der Waals surface area (Å²) < 4.78 is 1.79. The van der Waals surface area contributed by atoms with Gasteiger partial charge in [0.25, 0.3) is 17.7 Å². The van der Waals surface area contributed by atoms with Crippen molar-refractivity contribution < 1.29 is 14.4 Å². The lowest BCUT2D eigenvalue weighted by atomic mass is 10.1. The lowest BCUT2D eigenvalue weighted by Crippen LogP contribution is -2.29. The van der Waals surface area contributed by atoms with Crippen molar-refractivity contribution in [1.82, 2.24) is 9.78 Å². The summed E-state index contributed by atoms with van der Waals surface area (Å²) in [5, 5.41) is 7.93. The van der Waals surface area contributed by atoms with Crippen molar-refractivity contribution in [3.63, 3.8) is 0 Å². The molecule has 0 aliphatic carbocycles. The van der Waals surface area contributed by atoms with Crippen molar-refractivity contribution in [3.05, 3.63) is 112 Å².